The van der Waals surface area contributed by atoms with E-state index in [0.717, 1.165) is 18.4 Å². The molecular weight excluding hydrogens is 374 g/mol. The summed E-state index contributed by atoms with van der Waals surface area (Å²) in [5.74, 6) is -0.108. The van der Waals surface area contributed by atoms with Gasteiger partial charge in [-0.3, -0.25) is 4.79 Å². The molecule has 0 spiro atoms. The first-order valence-corrected chi connectivity index (χ1v) is 8.78. The molecule has 0 bridgehead atoms. The number of carbonyl (C=O) groups is 1. The average molecular weight is 394 g/mol. The predicted octanol–water partition coefficient (Wildman–Crippen LogP) is 3.09. The van der Waals surface area contributed by atoms with Gasteiger partial charge in [-0.25, -0.2) is 0 Å². The van der Waals surface area contributed by atoms with Gasteiger partial charge in [0, 0.05) is 13.2 Å². The molecule has 1 aliphatic rings. The quantitative estimate of drug-likeness (QED) is 0.818. The summed E-state index contributed by atoms with van der Waals surface area (Å²) in [6.45, 7) is 1.37. The number of hydrogen-bond acceptors (Lipinski definition) is 4. The van der Waals surface area contributed by atoms with Crippen LogP contribution in [0.15, 0.2) is 51.6 Å². The van der Waals surface area contributed by atoms with E-state index in [0.29, 0.717) is 17.9 Å². The molecule has 128 valence electrons. The molecule has 1 atom stereocenters. The van der Waals surface area contributed by atoms with E-state index >= 15 is 0 Å². The van der Waals surface area contributed by atoms with Gasteiger partial charge >= 0.3 is 0 Å². The van der Waals surface area contributed by atoms with E-state index in [-0.39, 0.29) is 24.1 Å². The molecule has 2 aromatic rings. The number of ether oxygens (including phenoxy) is 1. The van der Waals surface area contributed by atoms with Gasteiger partial charge in [-0.2, -0.15) is 0 Å². The Labute approximate surface area is 149 Å². The molecule has 1 aromatic heterocycles. The summed E-state index contributed by atoms with van der Waals surface area (Å²) >= 11 is 3.18. The van der Waals surface area contributed by atoms with Crippen molar-refractivity contribution in [2.24, 2.45) is 5.92 Å². The SMILES string of the molecule is O=C(NC[C@](O)(c1ccccc1)C1CCOCC1)c1ccc(Br)o1. The summed E-state index contributed by atoms with van der Waals surface area (Å²) in [6.07, 6.45) is 1.52. The second-order valence-corrected chi connectivity index (χ2v) is 6.74. The van der Waals surface area contributed by atoms with Gasteiger partial charge < -0.3 is 19.6 Å². The monoisotopic (exact) mass is 393 g/mol. The molecule has 0 radical (unpaired) electrons. The van der Waals surface area contributed by atoms with E-state index in [2.05, 4.69) is 21.2 Å². The third-order valence-corrected chi connectivity index (χ3v) is 4.91. The highest BCUT2D eigenvalue weighted by Crippen LogP contribution is 2.35. The molecule has 1 aromatic carbocycles. The standard InChI is InChI=1S/C18H20BrNO4/c19-16-7-6-15(24-16)17(21)20-12-18(22,13-4-2-1-3-5-13)14-8-10-23-11-9-14/h1-7,14,22H,8-12H2,(H,20,21)/t18-/m0/s1. The van der Waals surface area contributed by atoms with Gasteiger partial charge in [0.1, 0.15) is 5.60 Å². The van der Waals surface area contributed by atoms with Gasteiger partial charge in [-0.15, -0.1) is 0 Å². The van der Waals surface area contributed by atoms with Crippen LogP contribution in [-0.4, -0.2) is 30.8 Å². The van der Waals surface area contributed by atoms with Crippen LogP contribution in [0.3, 0.4) is 0 Å². The molecule has 6 heteroatoms. The van der Waals surface area contributed by atoms with Crippen molar-refractivity contribution in [2.75, 3.05) is 19.8 Å². The Bertz CT molecular complexity index is 681. The van der Waals surface area contributed by atoms with Crippen LogP contribution in [0.1, 0.15) is 29.0 Å². The predicted molar refractivity (Wildman–Crippen MR) is 92.6 cm³/mol. The van der Waals surface area contributed by atoms with Gasteiger partial charge in [0.15, 0.2) is 10.4 Å². The van der Waals surface area contributed by atoms with Crippen LogP contribution < -0.4 is 5.32 Å². The summed E-state index contributed by atoms with van der Waals surface area (Å²) in [7, 11) is 0. The Morgan fingerprint density at radius 1 is 1.21 bits per heavy atom. The van der Waals surface area contributed by atoms with Crippen LogP contribution in [0.4, 0.5) is 0 Å². The number of nitrogens with one attached hydrogen (secondary N) is 1. The minimum absolute atomic E-state index is 0.0253. The van der Waals surface area contributed by atoms with Crippen molar-refractivity contribution in [1.82, 2.24) is 5.32 Å². The largest absolute Gasteiger partial charge is 0.444 e. The first kappa shape index (κ1) is 17.2. The number of rotatable bonds is 5. The summed E-state index contributed by atoms with van der Waals surface area (Å²) in [6, 6.07) is 12.7. The fraction of sp³-hybridized carbons (Fsp3) is 0.389. The highest BCUT2D eigenvalue weighted by Gasteiger charge is 2.39. The molecule has 0 saturated carbocycles. The van der Waals surface area contributed by atoms with Crippen molar-refractivity contribution in [2.45, 2.75) is 18.4 Å². The second-order valence-electron chi connectivity index (χ2n) is 5.96. The molecule has 2 N–H and O–H groups in total. The number of benzene rings is 1. The van der Waals surface area contributed by atoms with Crippen LogP contribution in [0.5, 0.6) is 0 Å². The maximum atomic E-state index is 12.3. The van der Waals surface area contributed by atoms with Gasteiger partial charge in [-0.05, 0) is 52.4 Å². The van der Waals surface area contributed by atoms with E-state index in [9.17, 15) is 9.90 Å². The highest BCUT2D eigenvalue weighted by molar-refractivity contribution is 9.10. The molecular formula is C18H20BrNO4. The maximum Gasteiger partial charge on any atom is 0.287 e. The fourth-order valence-electron chi connectivity index (χ4n) is 3.12. The Morgan fingerprint density at radius 2 is 1.92 bits per heavy atom. The Morgan fingerprint density at radius 3 is 2.54 bits per heavy atom. The lowest BCUT2D eigenvalue weighted by Gasteiger charge is -2.39. The lowest BCUT2D eigenvalue weighted by atomic mass is 9.77. The molecule has 1 amide bonds. The number of hydrogen-bond donors (Lipinski definition) is 2. The zero-order valence-corrected chi connectivity index (χ0v) is 14.8. The molecule has 2 heterocycles. The van der Waals surface area contributed by atoms with E-state index in [1.165, 1.54) is 0 Å². The van der Waals surface area contributed by atoms with Crippen LogP contribution >= 0.6 is 15.9 Å². The first-order valence-electron chi connectivity index (χ1n) is 7.99. The van der Waals surface area contributed by atoms with E-state index in [1.807, 2.05) is 30.3 Å². The second kappa shape index (κ2) is 7.51. The number of amides is 1. The Hall–Kier alpha value is -1.63. The molecule has 1 fully saturated rings. The van der Waals surface area contributed by atoms with Crippen LogP contribution in [0.25, 0.3) is 0 Å². The maximum absolute atomic E-state index is 12.3. The molecule has 0 unspecified atom stereocenters. The van der Waals surface area contributed by atoms with Crippen molar-refractivity contribution in [3.63, 3.8) is 0 Å². The van der Waals surface area contributed by atoms with Crippen LogP contribution in [0.2, 0.25) is 0 Å². The third-order valence-electron chi connectivity index (χ3n) is 4.49. The first-order chi connectivity index (χ1) is 11.6. The zero-order chi connectivity index (χ0) is 17.0. The van der Waals surface area contributed by atoms with Gasteiger partial charge in [0.2, 0.25) is 0 Å². The van der Waals surface area contributed by atoms with E-state index in [4.69, 9.17) is 9.15 Å². The molecule has 1 aliphatic heterocycles. The molecule has 24 heavy (non-hydrogen) atoms. The molecule has 0 aliphatic carbocycles. The summed E-state index contributed by atoms with van der Waals surface area (Å²) in [5.41, 5.74) is -0.331. The lowest BCUT2D eigenvalue weighted by molar-refractivity contribution is -0.0681. The smallest absolute Gasteiger partial charge is 0.287 e. The van der Waals surface area contributed by atoms with E-state index < -0.39 is 5.60 Å². The molecule has 1 saturated heterocycles. The summed E-state index contributed by atoms with van der Waals surface area (Å²) in [5, 5.41) is 14.2. The van der Waals surface area contributed by atoms with Crippen molar-refractivity contribution >= 4 is 21.8 Å². The normalized spacial score (nSPS) is 18.1. The van der Waals surface area contributed by atoms with Crippen LogP contribution in [-0.2, 0) is 10.3 Å². The molecule has 5 nitrogen and oxygen atoms in total. The number of aliphatic hydroxyl groups is 1. The third kappa shape index (κ3) is 3.71. The number of furan rings is 1. The minimum Gasteiger partial charge on any atom is -0.444 e. The Kier molecular flexibility index (Phi) is 5.38. The molecule has 3 rings (SSSR count). The lowest BCUT2D eigenvalue weighted by Crippen LogP contribution is -2.47. The summed E-state index contributed by atoms with van der Waals surface area (Å²) < 4.78 is 11.2. The van der Waals surface area contributed by atoms with Crippen molar-refractivity contribution in [3.05, 3.63) is 58.5 Å². The van der Waals surface area contributed by atoms with Crippen molar-refractivity contribution < 1.29 is 19.1 Å². The zero-order valence-electron chi connectivity index (χ0n) is 13.2. The minimum atomic E-state index is -1.13. The highest BCUT2D eigenvalue weighted by atomic mass is 79.9. The Balaban J connectivity index is 1.78. The average Bonchev–Trinajstić information content (AvgIpc) is 3.07. The summed E-state index contributed by atoms with van der Waals surface area (Å²) in [4.78, 5) is 12.3. The fourth-order valence-corrected chi connectivity index (χ4v) is 3.43. The van der Waals surface area contributed by atoms with Gasteiger partial charge in [-0.1, -0.05) is 30.3 Å². The topological polar surface area (TPSA) is 71.7 Å². The number of halogens is 1. The van der Waals surface area contributed by atoms with Crippen molar-refractivity contribution in [1.29, 1.82) is 0 Å². The van der Waals surface area contributed by atoms with E-state index in [1.54, 1.807) is 12.1 Å². The van der Waals surface area contributed by atoms with Gasteiger partial charge in [0.05, 0.1) is 6.54 Å². The van der Waals surface area contributed by atoms with Crippen molar-refractivity contribution in [3.8, 4) is 0 Å². The van der Waals surface area contributed by atoms with Gasteiger partial charge in [0.25, 0.3) is 5.91 Å². The van der Waals surface area contributed by atoms with Crippen LogP contribution in [0, 0.1) is 5.92 Å². The number of carbonyl (C=O) groups excluding carboxylic acids is 1.